The minimum absolute atomic E-state index is 0.266. The van der Waals surface area contributed by atoms with E-state index in [-0.39, 0.29) is 5.91 Å². The highest BCUT2D eigenvalue weighted by molar-refractivity contribution is 6.24. The summed E-state index contributed by atoms with van der Waals surface area (Å²) in [7, 11) is 0. The molecule has 2 unspecified atom stereocenters. The smallest absolute Gasteiger partial charge is 0.262 e. The molecule has 6 nitrogen and oxygen atoms in total. The van der Waals surface area contributed by atoms with E-state index in [2.05, 4.69) is 6.92 Å². The van der Waals surface area contributed by atoms with Gasteiger partial charge in [0, 0.05) is 5.69 Å². The number of unbranched alkanes of at least 4 members (excludes halogenated alkanes) is 1. The van der Waals surface area contributed by atoms with Crippen LogP contribution in [0.3, 0.4) is 0 Å². The van der Waals surface area contributed by atoms with E-state index in [9.17, 15) is 14.4 Å². The highest BCUT2D eigenvalue weighted by atomic mass is 16.5. The van der Waals surface area contributed by atoms with Gasteiger partial charge in [-0.2, -0.15) is 0 Å². The average molecular weight is 469 g/mol. The van der Waals surface area contributed by atoms with Crippen molar-refractivity contribution in [3.63, 3.8) is 0 Å². The van der Waals surface area contributed by atoms with Crippen molar-refractivity contribution in [2.45, 2.75) is 45.7 Å². The van der Waals surface area contributed by atoms with Crippen molar-refractivity contribution in [2.75, 3.05) is 11.5 Å². The van der Waals surface area contributed by atoms with Crippen LogP contribution < -0.4 is 9.64 Å². The highest BCUT2D eigenvalue weighted by Crippen LogP contribution is 2.44. The van der Waals surface area contributed by atoms with Gasteiger partial charge >= 0.3 is 0 Å². The minimum Gasteiger partial charge on any atom is -0.494 e. The van der Waals surface area contributed by atoms with Crippen LogP contribution in [0.4, 0.5) is 5.69 Å². The number of ether oxygens (including phenoxy) is 1. The van der Waals surface area contributed by atoms with Gasteiger partial charge in [0.15, 0.2) is 0 Å². The molecule has 3 aromatic carbocycles. The molecular formula is C29H28N2O4. The zero-order valence-corrected chi connectivity index (χ0v) is 20.2. The third-order valence-corrected chi connectivity index (χ3v) is 6.64. The first-order chi connectivity index (χ1) is 16.9. The van der Waals surface area contributed by atoms with Crippen LogP contribution in [0, 0.1) is 13.8 Å². The van der Waals surface area contributed by atoms with Crippen molar-refractivity contribution in [1.82, 2.24) is 4.90 Å². The van der Waals surface area contributed by atoms with Crippen LogP contribution in [0.25, 0.3) is 0 Å². The van der Waals surface area contributed by atoms with E-state index in [1.165, 1.54) is 0 Å². The molecule has 3 aromatic rings. The number of benzene rings is 3. The van der Waals surface area contributed by atoms with Crippen LogP contribution in [0.5, 0.6) is 5.75 Å². The summed E-state index contributed by atoms with van der Waals surface area (Å²) in [6, 6.07) is 18.9. The minimum atomic E-state index is -0.907. The molecule has 35 heavy (non-hydrogen) atoms. The van der Waals surface area contributed by atoms with Crippen LogP contribution in [-0.2, 0) is 4.79 Å². The van der Waals surface area contributed by atoms with Gasteiger partial charge in [-0.1, -0.05) is 43.7 Å². The molecule has 0 radical (unpaired) electrons. The summed E-state index contributed by atoms with van der Waals surface area (Å²) in [5, 5.41) is 0. The molecule has 0 saturated carbocycles. The fourth-order valence-electron chi connectivity index (χ4n) is 4.99. The van der Waals surface area contributed by atoms with Crippen LogP contribution in [0.2, 0.25) is 0 Å². The maximum absolute atomic E-state index is 13.6. The van der Waals surface area contributed by atoms with E-state index in [1.807, 2.05) is 56.3 Å². The topological polar surface area (TPSA) is 66.9 Å². The molecule has 1 saturated heterocycles. The molecule has 0 bridgehead atoms. The number of carbonyl (C=O) groups excluding carboxylic acids is 3. The molecule has 1 fully saturated rings. The summed E-state index contributed by atoms with van der Waals surface area (Å²) >= 11 is 0. The van der Waals surface area contributed by atoms with Gasteiger partial charge in [0.2, 0.25) is 0 Å². The maximum Gasteiger partial charge on any atom is 0.262 e. The normalized spacial score (nSPS) is 19.1. The number of amides is 3. The van der Waals surface area contributed by atoms with Gasteiger partial charge in [0.05, 0.1) is 23.8 Å². The summed E-state index contributed by atoms with van der Waals surface area (Å²) in [5.74, 6) is -0.358. The Morgan fingerprint density at radius 3 is 1.94 bits per heavy atom. The lowest BCUT2D eigenvalue weighted by atomic mass is 9.86. The number of anilines is 1. The van der Waals surface area contributed by atoms with Crippen LogP contribution in [-0.4, -0.2) is 35.3 Å². The van der Waals surface area contributed by atoms with Gasteiger partial charge in [0.1, 0.15) is 11.8 Å². The number of imide groups is 1. The molecule has 2 heterocycles. The maximum atomic E-state index is 13.6. The fourth-order valence-corrected chi connectivity index (χ4v) is 4.99. The molecule has 2 aliphatic heterocycles. The van der Waals surface area contributed by atoms with Gasteiger partial charge < -0.3 is 9.64 Å². The van der Waals surface area contributed by atoms with Crippen molar-refractivity contribution in [3.05, 3.63) is 94.5 Å². The molecule has 0 spiro atoms. The molecule has 0 aromatic heterocycles. The fraction of sp³-hybridized carbons (Fsp3) is 0.276. The summed E-state index contributed by atoms with van der Waals surface area (Å²) in [5.41, 5.74) is 4.36. The summed E-state index contributed by atoms with van der Waals surface area (Å²) < 4.78 is 5.80. The number of nitrogens with zero attached hydrogens (tertiary/aromatic N) is 2. The van der Waals surface area contributed by atoms with E-state index in [1.54, 1.807) is 29.2 Å². The number of fused-ring (bicyclic) bond motifs is 1. The Balaban J connectivity index is 1.53. The molecule has 5 rings (SSSR count). The van der Waals surface area contributed by atoms with Crippen molar-refractivity contribution in [2.24, 2.45) is 0 Å². The lowest BCUT2D eigenvalue weighted by Crippen LogP contribution is -2.67. The first kappa shape index (κ1) is 22.8. The molecule has 178 valence electrons. The Morgan fingerprint density at radius 1 is 0.771 bits per heavy atom. The third-order valence-electron chi connectivity index (χ3n) is 6.64. The van der Waals surface area contributed by atoms with Crippen LogP contribution >= 0.6 is 0 Å². The van der Waals surface area contributed by atoms with Crippen molar-refractivity contribution in [3.8, 4) is 5.75 Å². The van der Waals surface area contributed by atoms with Crippen molar-refractivity contribution < 1.29 is 19.1 Å². The number of β-lactam (4-membered cyclic amide) rings is 1. The quantitative estimate of drug-likeness (QED) is 0.270. The summed E-state index contributed by atoms with van der Waals surface area (Å²) in [6.07, 6.45) is 2.02. The lowest BCUT2D eigenvalue weighted by Gasteiger charge is -2.50. The second-order valence-electron chi connectivity index (χ2n) is 9.24. The van der Waals surface area contributed by atoms with Crippen molar-refractivity contribution in [1.29, 1.82) is 0 Å². The highest BCUT2D eigenvalue weighted by Gasteiger charge is 2.57. The van der Waals surface area contributed by atoms with E-state index >= 15 is 0 Å². The Morgan fingerprint density at radius 2 is 1.37 bits per heavy atom. The Bertz CT molecular complexity index is 1260. The number of rotatable bonds is 7. The van der Waals surface area contributed by atoms with Gasteiger partial charge in [0.25, 0.3) is 17.7 Å². The number of carbonyl (C=O) groups is 3. The SMILES string of the molecule is CCCCOc1ccc(C2C(N3C(=O)c4ccccc4C3=O)C(=O)N2c2cc(C)cc(C)c2)cc1. The first-order valence-electron chi connectivity index (χ1n) is 12.0. The van der Waals surface area contributed by atoms with Gasteiger partial charge in [-0.05, 0) is 73.4 Å². The molecule has 2 aliphatic rings. The molecule has 2 atom stereocenters. The molecule has 0 N–H and O–H groups in total. The molecule has 6 heteroatoms. The lowest BCUT2D eigenvalue weighted by molar-refractivity contribution is -0.130. The van der Waals surface area contributed by atoms with Crippen LogP contribution in [0.15, 0.2) is 66.7 Å². The van der Waals surface area contributed by atoms with Gasteiger partial charge in [-0.25, -0.2) is 0 Å². The average Bonchev–Trinajstić information content (AvgIpc) is 3.08. The monoisotopic (exact) mass is 468 g/mol. The van der Waals surface area contributed by atoms with E-state index in [0.29, 0.717) is 17.7 Å². The Labute approximate surface area is 205 Å². The zero-order chi connectivity index (χ0) is 24.7. The largest absolute Gasteiger partial charge is 0.494 e. The second-order valence-corrected chi connectivity index (χ2v) is 9.24. The van der Waals surface area contributed by atoms with Gasteiger partial charge in [-0.3, -0.25) is 19.3 Å². The van der Waals surface area contributed by atoms with Crippen LogP contribution in [0.1, 0.15) is 63.2 Å². The summed E-state index contributed by atoms with van der Waals surface area (Å²) in [6.45, 7) is 6.73. The van der Waals surface area contributed by atoms with E-state index < -0.39 is 23.9 Å². The molecule has 3 amide bonds. The Hall–Kier alpha value is -3.93. The van der Waals surface area contributed by atoms with E-state index in [4.69, 9.17) is 4.74 Å². The van der Waals surface area contributed by atoms with Gasteiger partial charge in [-0.15, -0.1) is 0 Å². The number of hydrogen-bond donors (Lipinski definition) is 0. The number of aryl methyl sites for hydroxylation is 2. The predicted octanol–water partition coefficient (Wildman–Crippen LogP) is 5.24. The molecular weight excluding hydrogens is 440 g/mol. The molecule has 0 aliphatic carbocycles. The predicted molar refractivity (Wildman–Crippen MR) is 134 cm³/mol. The summed E-state index contributed by atoms with van der Waals surface area (Å²) in [4.78, 5) is 42.9. The van der Waals surface area contributed by atoms with Crippen molar-refractivity contribution >= 4 is 23.4 Å². The third kappa shape index (κ3) is 3.89. The first-order valence-corrected chi connectivity index (χ1v) is 12.0. The second kappa shape index (κ2) is 9.02. The zero-order valence-electron chi connectivity index (χ0n) is 20.2. The standard InChI is InChI=1S/C29H28N2O4/c1-4-5-14-35-22-12-10-20(11-13-22)25-26(29(34)30(25)21-16-18(2)15-19(3)17-21)31-27(32)23-8-6-7-9-24(23)28(31)33/h6-13,15-17,25-26H,4-5,14H2,1-3H3. The van der Waals surface area contributed by atoms with E-state index in [0.717, 1.165) is 45.9 Å². The number of hydrogen-bond acceptors (Lipinski definition) is 4. The Kier molecular flexibility index (Phi) is 5.89.